The largest absolute Gasteiger partial charge is 0.357 e. The molecule has 2 aliphatic carbocycles. The maximum absolute atomic E-state index is 7.72. The van der Waals surface area contributed by atoms with Gasteiger partial charge in [0.15, 0.2) is 0 Å². The number of hydrogen-bond acceptors (Lipinski definition) is 2. The molecule has 0 bridgehead atoms. The number of halogens is 1. The number of nitrogens with zero attached hydrogens (tertiary/aromatic N) is 2. The SMILES string of the molecule is CC.CN=C(/C(Cl)=C(\C=C(\c1[nH]c(C2C=CC(C(C)(C)C)=CCC2)cc1-c1ccccc1)c1c(C)cc(C)cc1C)C1=CCC=CC=C1)c1ccc(C(C)(C)C)cc1.Cc1ccc2c(c1)N(c1ccccc1)c1ccc(C(C)(C)C)cc1C2. The maximum atomic E-state index is 7.72. The third-order valence-electron chi connectivity index (χ3n) is 16.1. The van der Waals surface area contributed by atoms with Crippen molar-refractivity contribution in [2.75, 3.05) is 11.9 Å². The van der Waals surface area contributed by atoms with Gasteiger partial charge in [-0.05, 0) is 161 Å². The number of hydrogen-bond donors (Lipinski definition) is 1. The lowest BCUT2D eigenvalue weighted by Crippen LogP contribution is -2.20. The summed E-state index contributed by atoms with van der Waals surface area (Å²) >= 11 is 7.72. The van der Waals surface area contributed by atoms with Crippen molar-refractivity contribution in [1.82, 2.24) is 4.98 Å². The van der Waals surface area contributed by atoms with E-state index in [1.165, 1.54) is 89.5 Å². The molecule has 1 aromatic heterocycles. The Morgan fingerprint density at radius 3 is 1.93 bits per heavy atom. The van der Waals surface area contributed by atoms with Gasteiger partial charge in [0.2, 0.25) is 0 Å². The molecule has 0 saturated carbocycles. The predicted octanol–water partition coefficient (Wildman–Crippen LogP) is 22.5. The van der Waals surface area contributed by atoms with Gasteiger partial charge in [-0.25, -0.2) is 0 Å². The number of aromatic amines is 1. The van der Waals surface area contributed by atoms with Gasteiger partial charge in [0.05, 0.1) is 16.4 Å². The first-order valence-corrected chi connectivity index (χ1v) is 30.5. The highest BCUT2D eigenvalue weighted by Gasteiger charge is 2.28. The lowest BCUT2D eigenvalue weighted by atomic mass is 9.83. The zero-order chi connectivity index (χ0) is 59.8. The van der Waals surface area contributed by atoms with E-state index in [0.29, 0.717) is 5.03 Å². The molecule has 6 aromatic carbocycles. The van der Waals surface area contributed by atoms with E-state index in [1.54, 1.807) is 0 Å². The van der Waals surface area contributed by atoms with Crippen LogP contribution in [0.1, 0.15) is 168 Å². The van der Waals surface area contributed by atoms with Crippen LogP contribution in [0.4, 0.5) is 17.1 Å². The lowest BCUT2D eigenvalue weighted by molar-refractivity contribution is 0.515. The Balaban J connectivity index is 0.000000275. The topological polar surface area (TPSA) is 31.4 Å². The fraction of sp³-hybridized carbons (Fsp3) is 0.304. The second-order valence-electron chi connectivity index (χ2n) is 25.5. The summed E-state index contributed by atoms with van der Waals surface area (Å²) < 4.78 is 0. The molecule has 83 heavy (non-hydrogen) atoms. The first-order valence-electron chi connectivity index (χ1n) is 30.2. The minimum atomic E-state index is 0.0422. The predicted molar refractivity (Wildman–Crippen MR) is 363 cm³/mol. The highest BCUT2D eigenvalue weighted by Crippen LogP contribution is 2.46. The standard InChI is InChI=1S/C53H59ClN2.C24H25N.C2H6/c1-35-31-36(2)48(37(3)32-35)46(51-45(39-21-16-13-17-22-39)34-47(56-51)40-23-18-24-42(28-25-40)52(4,5)6)33-44(38-19-14-11-12-15-20-38)49(54)50(55-10)41-26-29-43(30-27-41)53(7,8)9;1-17-10-11-18-15-19-16-20(24(2,3)4)12-13-22(19)25(23(18)14-17)21-8-6-5-7-9-21;1-2/h11-14,16-17,19-22,24-34,40,56H,15,18,23H2,1-10H3;5-14,16H,15H2,1-4H3;1-2H3/b46-33+,49-44-,55-50?;;. The average molecular weight is 1120 g/mol. The second-order valence-corrected chi connectivity index (χ2v) is 25.9. The van der Waals surface area contributed by atoms with Crippen molar-refractivity contribution < 1.29 is 0 Å². The third-order valence-corrected chi connectivity index (χ3v) is 16.5. The molecule has 2 heterocycles. The number of aromatic nitrogens is 1. The van der Waals surface area contributed by atoms with Crippen molar-refractivity contribution in [2.24, 2.45) is 10.4 Å². The summed E-state index contributed by atoms with van der Waals surface area (Å²) in [7, 11) is 1.84. The summed E-state index contributed by atoms with van der Waals surface area (Å²) in [4.78, 5) is 11.3. The van der Waals surface area contributed by atoms with Crippen LogP contribution in [-0.4, -0.2) is 17.7 Å². The van der Waals surface area contributed by atoms with E-state index < -0.39 is 0 Å². The zero-order valence-electron chi connectivity index (χ0n) is 52.7. The Bertz CT molecular complexity index is 3650. The first kappa shape index (κ1) is 61.6. The number of rotatable bonds is 9. The van der Waals surface area contributed by atoms with Gasteiger partial charge in [-0.3, -0.25) is 4.99 Å². The molecule has 7 aromatic rings. The van der Waals surface area contributed by atoms with Crippen LogP contribution in [-0.2, 0) is 17.3 Å². The number of anilines is 3. The monoisotopic (exact) mass is 1120 g/mol. The molecule has 1 aliphatic heterocycles. The number of para-hydroxylation sites is 1. The molecule has 0 saturated heterocycles. The van der Waals surface area contributed by atoms with Crippen molar-refractivity contribution in [3.8, 4) is 11.1 Å². The highest BCUT2D eigenvalue weighted by atomic mass is 35.5. The second kappa shape index (κ2) is 26.4. The number of allylic oxidation sites excluding steroid dienone is 13. The minimum Gasteiger partial charge on any atom is -0.357 e. The molecule has 3 nitrogen and oxygen atoms in total. The Hall–Kier alpha value is -7.46. The molecule has 0 amide bonds. The van der Waals surface area contributed by atoms with Gasteiger partial charge in [-0.2, -0.15) is 0 Å². The van der Waals surface area contributed by atoms with Crippen LogP contribution >= 0.6 is 11.6 Å². The molecule has 0 fully saturated rings. The van der Waals surface area contributed by atoms with Crippen LogP contribution in [0.5, 0.6) is 0 Å². The van der Waals surface area contributed by atoms with E-state index >= 15 is 0 Å². The number of aryl methyl sites for hydroxylation is 4. The normalized spacial score (nSPS) is 15.8. The molecule has 1 atom stereocenters. The Kier molecular flexibility index (Phi) is 19.6. The average Bonchev–Trinajstić information content (AvgIpc) is 2.53. The van der Waals surface area contributed by atoms with Crippen LogP contribution in [0.3, 0.4) is 0 Å². The third kappa shape index (κ3) is 14.5. The molecule has 4 heteroatoms. The van der Waals surface area contributed by atoms with Crippen molar-refractivity contribution in [3.05, 3.63) is 283 Å². The summed E-state index contributed by atoms with van der Waals surface area (Å²) in [5.74, 6) is 0.246. The van der Waals surface area contributed by atoms with E-state index in [1.807, 2.05) is 20.9 Å². The van der Waals surface area contributed by atoms with Crippen LogP contribution in [0.15, 0.2) is 221 Å². The van der Waals surface area contributed by atoms with Crippen LogP contribution in [0.25, 0.3) is 16.7 Å². The Labute approximate surface area is 504 Å². The highest BCUT2D eigenvalue weighted by molar-refractivity contribution is 6.47. The van der Waals surface area contributed by atoms with Crippen molar-refractivity contribution in [1.29, 1.82) is 0 Å². The van der Waals surface area contributed by atoms with E-state index in [0.717, 1.165) is 59.4 Å². The summed E-state index contributed by atoms with van der Waals surface area (Å²) in [6.07, 6.45) is 24.2. The lowest BCUT2D eigenvalue weighted by Gasteiger charge is -2.35. The van der Waals surface area contributed by atoms with Gasteiger partial charge in [-0.15, -0.1) is 0 Å². The molecule has 10 rings (SSSR count). The first-order chi connectivity index (χ1) is 39.6. The molecular formula is C79H90ClN3. The molecule has 0 spiro atoms. The van der Waals surface area contributed by atoms with Crippen LogP contribution in [0.2, 0.25) is 0 Å². The summed E-state index contributed by atoms with van der Waals surface area (Å²) in [6.45, 7) is 33.3. The number of fused-ring (bicyclic) bond motifs is 2. The van der Waals surface area contributed by atoms with Gasteiger partial charge in [0, 0.05) is 64.4 Å². The minimum absolute atomic E-state index is 0.0422. The molecule has 428 valence electrons. The van der Waals surface area contributed by atoms with Crippen LogP contribution in [0, 0.1) is 33.1 Å². The summed E-state index contributed by atoms with van der Waals surface area (Å²) in [5.41, 5.74) is 26.7. The molecule has 1 unspecified atom stereocenters. The molecule has 3 aliphatic rings. The quantitative estimate of drug-likeness (QED) is 0.113. The smallest absolute Gasteiger partial charge is 0.0835 e. The molecular weight excluding hydrogens is 1030 g/mol. The van der Waals surface area contributed by atoms with E-state index in [9.17, 15) is 0 Å². The number of benzene rings is 6. The fourth-order valence-electron chi connectivity index (χ4n) is 11.7. The van der Waals surface area contributed by atoms with E-state index in [2.05, 4.69) is 294 Å². The van der Waals surface area contributed by atoms with Gasteiger partial charge in [0.25, 0.3) is 0 Å². The maximum Gasteiger partial charge on any atom is 0.0835 e. The van der Waals surface area contributed by atoms with Gasteiger partial charge < -0.3 is 9.88 Å². The number of aliphatic imine (C=N–C) groups is 1. The van der Waals surface area contributed by atoms with Gasteiger partial charge >= 0.3 is 0 Å². The number of H-pyrrole nitrogens is 1. The summed E-state index contributed by atoms with van der Waals surface area (Å²) in [6, 6.07) is 51.0. The van der Waals surface area contributed by atoms with Crippen molar-refractivity contribution >= 4 is 39.9 Å². The van der Waals surface area contributed by atoms with Gasteiger partial charge in [0.1, 0.15) is 0 Å². The Morgan fingerprint density at radius 2 is 1.29 bits per heavy atom. The zero-order valence-corrected chi connectivity index (χ0v) is 53.4. The molecule has 1 N–H and O–H groups in total. The number of nitrogens with one attached hydrogen (secondary N) is 1. The van der Waals surface area contributed by atoms with E-state index in [4.69, 9.17) is 16.6 Å². The summed E-state index contributed by atoms with van der Waals surface area (Å²) in [5, 5.41) is 0.620. The van der Waals surface area contributed by atoms with E-state index in [-0.39, 0.29) is 22.2 Å². The van der Waals surface area contributed by atoms with Crippen molar-refractivity contribution in [3.63, 3.8) is 0 Å². The van der Waals surface area contributed by atoms with Crippen LogP contribution < -0.4 is 4.90 Å². The van der Waals surface area contributed by atoms with Crippen molar-refractivity contribution in [2.45, 2.75) is 146 Å². The fourth-order valence-corrected chi connectivity index (χ4v) is 12.0. The van der Waals surface area contributed by atoms with Gasteiger partial charge in [-0.1, -0.05) is 251 Å². The molecule has 0 radical (unpaired) electrons. The Morgan fingerprint density at radius 1 is 0.639 bits per heavy atom.